The molecule has 7 rings (SSSR count). The molecule has 0 saturated carbocycles. The molecule has 12 nitrogen and oxygen atoms in total. The summed E-state index contributed by atoms with van der Waals surface area (Å²) in [5.74, 6) is -0.733. The van der Waals surface area contributed by atoms with Gasteiger partial charge in [0.15, 0.2) is 5.65 Å². The number of hydrogen-bond acceptors (Lipinski definition) is 9. The molecule has 1 saturated heterocycles. The number of carbonyl (C=O) groups is 1. The highest BCUT2D eigenvalue weighted by atomic mass is 19.1. The second-order valence-corrected chi connectivity index (χ2v) is 10.0. The number of nitrogens with zero attached hydrogens (tertiary/aromatic N) is 8. The molecule has 1 atom stereocenters. The fourth-order valence-electron chi connectivity index (χ4n) is 5.46. The van der Waals surface area contributed by atoms with Gasteiger partial charge in [0, 0.05) is 36.0 Å². The van der Waals surface area contributed by atoms with Gasteiger partial charge in [-0.25, -0.2) is 14.4 Å². The molecule has 3 N–H and O–H groups in total. The molecule has 1 aliphatic heterocycles. The highest BCUT2D eigenvalue weighted by molar-refractivity contribution is 6.10. The second kappa shape index (κ2) is 10.7. The number of amides is 1. The van der Waals surface area contributed by atoms with E-state index in [1.54, 1.807) is 35.5 Å². The van der Waals surface area contributed by atoms with E-state index in [4.69, 9.17) is 0 Å². The normalized spacial score (nSPS) is 15.3. The summed E-state index contributed by atoms with van der Waals surface area (Å²) < 4.78 is 17.2. The first-order valence-electron chi connectivity index (χ1n) is 13.5. The van der Waals surface area contributed by atoms with Crippen molar-refractivity contribution in [2.75, 3.05) is 18.0 Å². The third-order valence-electron chi connectivity index (χ3n) is 7.51. The SMILES string of the molecule is O=C(c1ccc(-n2nnc3cccnc32)cc1F)N(c1nccc2cc(-c3n[nH]nc3CO)ccc12)[C@@H]1CCCNC1. The van der Waals surface area contributed by atoms with Crippen molar-refractivity contribution in [2.24, 2.45) is 0 Å². The van der Waals surface area contributed by atoms with E-state index in [9.17, 15) is 9.90 Å². The number of fused-ring (bicyclic) bond motifs is 2. The van der Waals surface area contributed by atoms with Gasteiger partial charge < -0.3 is 10.4 Å². The van der Waals surface area contributed by atoms with E-state index < -0.39 is 11.7 Å². The van der Waals surface area contributed by atoms with Crippen LogP contribution >= 0.6 is 0 Å². The van der Waals surface area contributed by atoms with Crippen molar-refractivity contribution in [3.8, 4) is 16.9 Å². The number of carbonyl (C=O) groups excluding carboxylic acids is 1. The van der Waals surface area contributed by atoms with Crippen LogP contribution < -0.4 is 10.2 Å². The number of piperidine rings is 1. The molecule has 2 aromatic carbocycles. The summed E-state index contributed by atoms with van der Waals surface area (Å²) in [6.45, 7) is 1.14. The molecule has 0 aliphatic carbocycles. The zero-order valence-electron chi connectivity index (χ0n) is 22.3. The lowest BCUT2D eigenvalue weighted by molar-refractivity contribution is 0.0968. The monoisotopic (exact) mass is 564 g/mol. The second-order valence-electron chi connectivity index (χ2n) is 10.0. The van der Waals surface area contributed by atoms with Crippen LogP contribution in [-0.4, -0.2) is 70.5 Å². The van der Waals surface area contributed by atoms with Gasteiger partial charge in [-0.1, -0.05) is 11.3 Å². The van der Waals surface area contributed by atoms with Crippen molar-refractivity contribution >= 4 is 33.7 Å². The Labute approximate surface area is 238 Å². The van der Waals surface area contributed by atoms with Gasteiger partial charge in [0.2, 0.25) is 0 Å². The number of hydrogen-bond donors (Lipinski definition) is 3. The fourth-order valence-corrected chi connectivity index (χ4v) is 5.46. The summed E-state index contributed by atoms with van der Waals surface area (Å²) in [7, 11) is 0. The van der Waals surface area contributed by atoms with E-state index >= 15 is 4.39 Å². The predicted molar refractivity (Wildman–Crippen MR) is 152 cm³/mol. The maximum Gasteiger partial charge on any atom is 0.262 e. The van der Waals surface area contributed by atoms with Crippen LogP contribution in [0.25, 0.3) is 38.9 Å². The number of benzene rings is 2. The van der Waals surface area contributed by atoms with Crippen LogP contribution in [0.3, 0.4) is 0 Å². The molecular weight excluding hydrogens is 539 g/mol. The molecule has 210 valence electrons. The third kappa shape index (κ3) is 4.44. The minimum Gasteiger partial charge on any atom is -0.390 e. The molecule has 6 aromatic rings. The first-order valence-corrected chi connectivity index (χ1v) is 13.5. The molecule has 1 aliphatic rings. The van der Waals surface area contributed by atoms with Crippen LogP contribution in [0.4, 0.5) is 10.2 Å². The first-order chi connectivity index (χ1) is 20.6. The van der Waals surface area contributed by atoms with E-state index in [0.717, 1.165) is 35.7 Å². The molecule has 13 heteroatoms. The number of anilines is 1. The highest BCUT2D eigenvalue weighted by Gasteiger charge is 2.31. The Hall–Kier alpha value is -5.14. The van der Waals surface area contributed by atoms with Crippen molar-refractivity contribution < 1.29 is 14.3 Å². The van der Waals surface area contributed by atoms with Crippen LogP contribution in [0.5, 0.6) is 0 Å². The molecule has 1 fully saturated rings. The Bertz CT molecular complexity index is 1930. The third-order valence-corrected chi connectivity index (χ3v) is 7.51. The number of halogens is 1. The van der Waals surface area contributed by atoms with E-state index in [1.165, 1.54) is 16.8 Å². The van der Waals surface area contributed by atoms with E-state index in [0.29, 0.717) is 40.6 Å². The lowest BCUT2D eigenvalue weighted by Crippen LogP contribution is -2.49. The smallest absolute Gasteiger partial charge is 0.262 e. The zero-order chi connectivity index (χ0) is 28.6. The lowest BCUT2D eigenvalue weighted by atomic mass is 10.0. The maximum absolute atomic E-state index is 15.7. The Morgan fingerprint density at radius 3 is 2.86 bits per heavy atom. The number of H-pyrrole nitrogens is 1. The average molecular weight is 565 g/mol. The molecule has 4 aromatic heterocycles. The molecule has 0 radical (unpaired) electrons. The van der Waals surface area contributed by atoms with Crippen LogP contribution in [0, 0.1) is 5.82 Å². The fraction of sp³-hybridized carbons (Fsp3) is 0.207. The van der Waals surface area contributed by atoms with Gasteiger partial charge in [-0.2, -0.15) is 20.1 Å². The van der Waals surface area contributed by atoms with Crippen LogP contribution in [0.1, 0.15) is 28.9 Å². The number of aliphatic hydroxyl groups is 1. The average Bonchev–Trinajstić information content (AvgIpc) is 3.69. The van der Waals surface area contributed by atoms with Crippen molar-refractivity contribution in [1.82, 2.24) is 45.7 Å². The Kier molecular flexibility index (Phi) is 6.56. The Morgan fingerprint density at radius 1 is 1.10 bits per heavy atom. The summed E-state index contributed by atoms with van der Waals surface area (Å²) in [5.41, 5.74) is 3.13. The lowest BCUT2D eigenvalue weighted by Gasteiger charge is -2.34. The molecule has 0 spiro atoms. The molecule has 0 bridgehead atoms. The summed E-state index contributed by atoms with van der Waals surface area (Å²) in [6, 6.07) is 15.1. The number of nitrogens with one attached hydrogen (secondary N) is 2. The molecule has 42 heavy (non-hydrogen) atoms. The van der Waals surface area contributed by atoms with Gasteiger partial charge >= 0.3 is 0 Å². The minimum atomic E-state index is -0.684. The van der Waals surface area contributed by atoms with Crippen LogP contribution in [-0.2, 0) is 6.61 Å². The number of pyridine rings is 2. The van der Waals surface area contributed by atoms with E-state index in [1.807, 2.05) is 24.3 Å². The number of aromatic nitrogens is 8. The minimum absolute atomic E-state index is 0.0766. The first kappa shape index (κ1) is 25.8. The maximum atomic E-state index is 15.7. The van der Waals surface area contributed by atoms with Crippen molar-refractivity contribution in [1.29, 1.82) is 0 Å². The van der Waals surface area contributed by atoms with Crippen LogP contribution in [0.2, 0.25) is 0 Å². The van der Waals surface area contributed by atoms with Gasteiger partial charge in [-0.05, 0) is 67.2 Å². The van der Waals surface area contributed by atoms with Crippen molar-refractivity contribution in [3.05, 3.63) is 84.1 Å². The summed E-state index contributed by atoms with van der Waals surface area (Å²) in [6.07, 6.45) is 4.86. The number of aromatic amines is 1. The van der Waals surface area contributed by atoms with Crippen molar-refractivity contribution in [3.63, 3.8) is 0 Å². The number of aliphatic hydroxyl groups excluding tert-OH is 1. The van der Waals surface area contributed by atoms with Gasteiger partial charge in [-0.15, -0.1) is 5.10 Å². The standard InChI is InChI=1S/C29H25FN10O2/c30-23-14-19(40-28-24(35-38-40)4-2-11-32-28)6-8-22(23)29(42)39(20-3-1-10-31-15-20)27-21-7-5-18(13-17(21)9-12-33-27)26-25(16-41)34-37-36-26/h2,4-9,11-14,20,31,41H,1,3,10,15-16H2,(H,34,36,37)/t20-/m1/s1. The van der Waals surface area contributed by atoms with Crippen LogP contribution in [0.15, 0.2) is 67.0 Å². The number of rotatable bonds is 6. The highest BCUT2D eigenvalue weighted by Crippen LogP contribution is 2.33. The van der Waals surface area contributed by atoms with Gasteiger partial charge in [0.25, 0.3) is 5.91 Å². The predicted octanol–water partition coefficient (Wildman–Crippen LogP) is 3.18. The Balaban J connectivity index is 1.30. The molecule has 0 unspecified atom stereocenters. The molecular formula is C29H25FN10O2. The van der Waals surface area contributed by atoms with E-state index in [-0.39, 0.29) is 18.2 Å². The molecule has 1 amide bonds. The quantitative estimate of drug-likeness (QED) is 0.277. The van der Waals surface area contributed by atoms with Gasteiger partial charge in [-0.3, -0.25) is 9.69 Å². The summed E-state index contributed by atoms with van der Waals surface area (Å²) >= 11 is 0. The summed E-state index contributed by atoms with van der Waals surface area (Å²) in [4.78, 5) is 24.7. The largest absolute Gasteiger partial charge is 0.390 e. The Morgan fingerprint density at radius 2 is 2.02 bits per heavy atom. The zero-order valence-corrected chi connectivity index (χ0v) is 22.3. The molecule has 5 heterocycles. The van der Waals surface area contributed by atoms with E-state index in [2.05, 4.69) is 41.0 Å². The summed E-state index contributed by atoms with van der Waals surface area (Å²) in [5, 5.41) is 33.4. The van der Waals surface area contributed by atoms with Gasteiger partial charge in [0.1, 0.15) is 28.5 Å². The van der Waals surface area contributed by atoms with Gasteiger partial charge in [0.05, 0.1) is 23.9 Å². The topological polar surface area (TPSA) is 151 Å². The van der Waals surface area contributed by atoms with Crippen molar-refractivity contribution in [2.45, 2.75) is 25.5 Å².